The van der Waals surface area contributed by atoms with Crippen molar-refractivity contribution in [1.82, 2.24) is 0 Å². The molecule has 0 saturated carbocycles. The molecule has 0 aromatic carbocycles. The number of hydrogen-bond acceptors (Lipinski definition) is 4. The lowest BCUT2D eigenvalue weighted by Gasteiger charge is -2.37. The predicted molar refractivity (Wildman–Crippen MR) is 81.0 cm³/mol. The fourth-order valence-electron chi connectivity index (χ4n) is 2.04. The molecule has 0 atom stereocenters. The molecule has 0 aliphatic rings. The molecule has 14 heteroatoms. The molecule has 4 nitrogen and oxygen atoms in total. The highest BCUT2D eigenvalue weighted by molar-refractivity contribution is 6.44. The Balaban J connectivity index is 5.35. The van der Waals surface area contributed by atoms with Crippen molar-refractivity contribution in [3.05, 3.63) is 0 Å². The van der Waals surface area contributed by atoms with Crippen LogP contribution in [0, 0.1) is 0 Å². The van der Waals surface area contributed by atoms with E-state index in [9.17, 15) is 35.1 Å². The van der Waals surface area contributed by atoms with Gasteiger partial charge in [-0.3, -0.25) is 0 Å². The van der Waals surface area contributed by atoms with Crippen molar-refractivity contribution >= 4 is 18.6 Å². The summed E-state index contributed by atoms with van der Waals surface area (Å²) in [5, 5.41) is 0. The summed E-state index contributed by atoms with van der Waals surface area (Å²) < 4.78 is 128. The van der Waals surface area contributed by atoms with Crippen LogP contribution in [0.5, 0.6) is 0 Å². The van der Waals surface area contributed by atoms with Crippen LogP contribution in [0.2, 0.25) is 12.1 Å². The zero-order valence-corrected chi connectivity index (χ0v) is 16.9. The molecule has 0 bridgehead atoms. The van der Waals surface area contributed by atoms with Gasteiger partial charge in [0.1, 0.15) is 0 Å². The van der Waals surface area contributed by atoms with E-state index in [-0.39, 0.29) is 0 Å². The molecule has 0 aromatic rings. The summed E-state index contributed by atoms with van der Waals surface area (Å²) in [7, 11) is -1.24. The fourth-order valence-corrected chi connectivity index (χ4v) is 4.56. The number of alkyl halides is 8. The molecule has 0 heterocycles. The van der Waals surface area contributed by atoms with Crippen LogP contribution >= 0.6 is 0 Å². The first-order valence-electron chi connectivity index (χ1n) is 7.36. The maximum Gasteiger partial charge on any atom is 0.378 e. The smallest absolute Gasteiger partial charge is 0.378 e. The van der Waals surface area contributed by atoms with E-state index in [4.69, 9.17) is 0 Å². The highest BCUT2D eigenvalue weighted by atomic mass is 28.3. The second kappa shape index (κ2) is 9.77. The molecule has 0 aliphatic carbocycles. The van der Waals surface area contributed by atoms with Gasteiger partial charge in [0, 0.05) is 41.3 Å². The molecule has 0 fully saturated rings. The molecular weight excluding hydrogens is 416 g/mol. The Morgan fingerprint density at radius 1 is 0.538 bits per heavy atom. The summed E-state index contributed by atoms with van der Waals surface area (Å²) in [6, 6.07) is -1.53. The van der Waals surface area contributed by atoms with Gasteiger partial charge in [0.2, 0.25) is 0 Å². The molecule has 0 spiro atoms. The second-order valence-corrected chi connectivity index (χ2v) is 10.2. The first-order valence-corrected chi connectivity index (χ1v) is 10.9. The van der Waals surface area contributed by atoms with E-state index < -0.39 is 67.2 Å². The lowest BCUT2D eigenvalue weighted by atomic mass is 9.95. The molecule has 0 aromatic heterocycles. The third-order valence-electron chi connectivity index (χ3n) is 3.75. The van der Waals surface area contributed by atoms with Crippen molar-refractivity contribution in [3.8, 4) is 0 Å². The average Bonchev–Trinajstić information content (AvgIpc) is 2.56. The van der Waals surface area contributed by atoms with Gasteiger partial charge in [0.25, 0.3) is 0 Å². The Hall–Kier alpha value is -0.286. The summed E-state index contributed by atoms with van der Waals surface area (Å²) in [6.45, 7) is 0. The SMILES string of the molecule is CO[SiH](CCC(F)(F)C(F)(F)C(F)(F)C(F)(F)CC[SiH](OC)OC)OC. The Bertz CT molecular complexity index is 382. The number of rotatable bonds is 13. The van der Waals surface area contributed by atoms with Crippen molar-refractivity contribution in [3.63, 3.8) is 0 Å². The van der Waals surface area contributed by atoms with Gasteiger partial charge in [-0.05, 0) is 12.1 Å². The highest BCUT2D eigenvalue weighted by Gasteiger charge is 2.79. The standard InChI is InChI=1S/C12H22F8O4Si2/c1-21-25(22-2)7-5-9(13,14)11(17,18)12(19,20)10(15,16)6-8-26(23-3)24-4/h25-26H,5-8H2,1-4H3. The second-order valence-electron chi connectivity index (χ2n) is 5.44. The largest absolute Gasteiger partial charge is 0.400 e. The zero-order valence-electron chi connectivity index (χ0n) is 14.6. The van der Waals surface area contributed by atoms with Gasteiger partial charge in [-0.25, -0.2) is 0 Å². The van der Waals surface area contributed by atoms with Gasteiger partial charge in [0.05, 0.1) is 0 Å². The Morgan fingerprint density at radius 3 is 0.962 bits per heavy atom. The van der Waals surface area contributed by atoms with Gasteiger partial charge in [-0.2, -0.15) is 35.1 Å². The Labute approximate surface area is 149 Å². The third-order valence-corrected chi connectivity index (χ3v) is 7.38. The van der Waals surface area contributed by atoms with Gasteiger partial charge >= 0.3 is 42.3 Å². The first-order chi connectivity index (χ1) is 11.7. The maximum atomic E-state index is 13.7. The lowest BCUT2D eigenvalue weighted by Crippen LogP contribution is -2.62. The molecule has 26 heavy (non-hydrogen) atoms. The zero-order chi connectivity index (χ0) is 20.8. The molecule has 0 N–H and O–H groups in total. The number of halogens is 8. The van der Waals surface area contributed by atoms with Crippen LogP contribution in [-0.4, -0.2) is 70.7 Å². The van der Waals surface area contributed by atoms with E-state index in [0.717, 1.165) is 28.4 Å². The van der Waals surface area contributed by atoms with Gasteiger partial charge < -0.3 is 17.7 Å². The molecule has 0 aliphatic heterocycles. The van der Waals surface area contributed by atoms with E-state index in [1.165, 1.54) is 0 Å². The first kappa shape index (κ1) is 25.7. The minimum absolute atomic E-state index is 0.764. The van der Waals surface area contributed by atoms with Gasteiger partial charge in [0.15, 0.2) is 0 Å². The quantitative estimate of drug-likeness (QED) is 0.327. The van der Waals surface area contributed by atoms with Crippen molar-refractivity contribution in [2.24, 2.45) is 0 Å². The van der Waals surface area contributed by atoms with E-state index in [2.05, 4.69) is 17.7 Å². The van der Waals surface area contributed by atoms with Crippen molar-refractivity contribution in [2.75, 3.05) is 28.4 Å². The predicted octanol–water partition coefficient (Wildman–Crippen LogP) is 3.33. The van der Waals surface area contributed by atoms with Gasteiger partial charge in [-0.1, -0.05) is 0 Å². The normalized spacial score (nSPS) is 14.5. The van der Waals surface area contributed by atoms with Crippen LogP contribution in [-0.2, 0) is 17.7 Å². The minimum atomic E-state index is -6.28. The van der Waals surface area contributed by atoms with E-state index in [1.807, 2.05) is 0 Å². The molecule has 0 radical (unpaired) electrons. The summed E-state index contributed by atoms with van der Waals surface area (Å²) in [5.74, 6) is -23.3. The van der Waals surface area contributed by atoms with Crippen LogP contribution in [0.25, 0.3) is 0 Å². The van der Waals surface area contributed by atoms with Crippen molar-refractivity contribution in [2.45, 2.75) is 48.6 Å². The van der Waals surface area contributed by atoms with E-state index >= 15 is 0 Å². The Morgan fingerprint density at radius 2 is 0.769 bits per heavy atom. The number of hydrogen-bond donors (Lipinski definition) is 0. The summed E-state index contributed by atoms with van der Waals surface area (Å²) in [6.07, 6.45) is -3.56. The molecule has 0 rings (SSSR count). The molecule has 0 amide bonds. The van der Waals surface area contributed by atoms with E-state index in [1.54, 1.807) is 0 Å². The fraction of sp³-hybridized carbons (Fsp3) is 1.00. The maximum absolute atomic E-state index is 13.7. The highest BCUT2D eigenvalue weighted by Crippen LogP contribution is 2.55. The van der Waals surface area contributed by atoms with E-state index in [0.29, 0.717) is 0 Å². The van der Waals surface area contributed by atoms with Crippen LogP contribution in [0.1, 0.15) is 12.8 Å². The molecule has 0 unspecified atom stereocenters. The molecule has 158 valence electrons. The summed E-state index contributed by atoms with van der Waals surface area (Å²) in [5.41, 5.74) is 0. The topological polar surface area (TPSA) is 36.9 Å². The van der Waals surface area contributed by atoms with Crippen LogP contribution < -0.4 is 0 Å². The molecule has 0 saturated heterocycles. The summed E-state index contributed by atoms with van der Waals surface area (Å²) >= 11 is 0. The van der Waals surface area contributed by atoms with Crippen LogP contribution in [0.4, 0.5) is 35.1 Å². The average molecular weight is 438 g/mol. The van der Waals surface area contributed by atoms with Gasteiger partial charge in [-0.15, -0.1) is 0 Å². The monoisotopic (exact) mass is 438 g/mol. The van der Waals surface area contributed by atoms with Crippen LogP contribution in [0.3, 0.4) is 0 Å². The Kier molecular flexibility index (Phi) is 9.66. The van der Waals surface area contributed by atoms with Crippen LogP contribution in [0.15, 0.2) is 0 Å². The lowest BCUT2D eigenvalue weighted by molar-refractivity contribution is -0.366. The van der Waals surface area contributed by atoms with Crippen molar-refractivity contribution in [1.29, 1.82) is 0 Å². The summed E-state index contributed by atoms with van der Waals surface area (Å²) in [4.78, 5) is 0. The van der Waals surface area contributed by atoms with Crippen molar-refractivity contribution < 1.29 is 52.8 Å². The minimum Gasteiger partial charge on any atom is -0.400 e. The third kappa shape index (κ3) is 5.61. The molecular formula is C12H22F8O4Si2.